The van der Waals surface area contributed by atoms with Gasteiger partial charge in [0.1, 0.15) is 11.5 Å². The van der Waals surface area contributed by atoms with Crippen molar-refractivity contribution >= 4 is 11.6 Å². The summed E-state index contributed by atoms with van der Waals surface area (Å²) < 4.78 is 45.4. The van der Waals surface area contributed by atoms with E-state index in [2.05, 4.69) is 10.1 Å². The predicted molar refractivity (Wildman–Crippen MR) is 95.7 cm³/mol. The summed E-state index contributed by atoms with van der Waals surface area (Å²) in [6.45, 7) is 2.30. The van der Waals surface area contributed by atoms with Crippen LogP contribution < -0.4 is 14.8 Å². The van der Waals surface area contributed by atoms with Crippen LogP contribution in [0.15, 0.2) is 48.5 Å². The molecule has 1 atom stereocenters. The molecule has 0 aromatic heterocycles. The number of nitrogens with zero attached hydrogens (tertiary/aromatic N) is 1. The number of nitrogens with one attached hydrogen (secondary N) is 1. The van der Waals surface area contributed by atoms with Crippen LogP contribution in [0.2, 0.25) is 0 Å². The van der Waals surface area contributed by atoms with Gasteiger partial charge in [-0.1, -0.05) is 12.1 Å². The van der Waals surface area contributed by atoms with Crippen molar-refractivity contribution in [1.82, 2.24) is 4.90 Å². The predicted octanol–water partition coefficient (Wildman–Crippen LogP) is 4.05. The Morgan fingerprint density at radius 1 is 1.07 bits per heavy atom. The average Bonchev–Trinajstić information content (AvgIpc) is 2.62. The van der Waals surface area contributed by atoms with Crippen LogP contribution in [0, 0.1) is 0 Å². The molecular weight excluding hydrogens is 361 g/mol. The van der Waals surface area contributed by atoms with E-state index in [-0.39, 0.29) is 11.7 Å². The highest BCUT2D eigenvalue weighted by Crippen LogP contribution is 2.24. The highest BCUT2D eigenvalue weighted by molar-refractivity contribution is 5.94. The van der Waals surface area contributed by atoms with Gasteiger partial charge in [0.25, 0.3) is 0 Å². The number of carbonyl (C=O) groups is 1. The first-order chi connectivity index (χ1) is 12.7. The van der Waals surface area contributed by atoms with Gasteiger partial charge >= 0.3 is 6.36 Å². The van der Waals surface area contributed by atoms with E-state index in [0.717, 1.165) is 23.4 Å². The quantitative estimate of drug-likeness (QED) is 0.785. The summed E-state index contributed by atoms with van der Waals surface area (Å²) in [5, 5.41) is 2.68. The van der Waals surface area contributed by atoms with Crippen LogP contribution in [0.4, 0.5) is 18.9 Å². The molecule has 0 bridgehead atoms. The molecule has 146 valence electrons. The fraction of sp³-hybridized carbons (Fsp3) is 0.316. The third-order valence-electron chi connectivity index (χ3n) is 3.99. The zero-order chi connectivity index (χ0) is 20.0. The molecule has 2 rings (SSSR count). The Balaban J connectivity index is 1.91. The molecule has 1 amide bonds. The van der Waals surface area contributed by atoms with Crippen LogP contribution in [-0.4, -0.2) is 37.4 Å². The number of alkyl halides is 3. The second kappa shape index (κ2) is 8.77. The number of hydrogen-bond donors (Lipinski definition) is 1. The number of rotatable bonds is 7. The number of methoxy groups -OCH3 is 1. The summed E-state index contributed by atoms with van der Waals surface area (Å²) in [5.74, 6) is 0.144. The zero-order valence-corrected chi connectivity index (χ0v) is 15.2. The zero-order valence-electron chi connectivity index (χ0n) is 15.2. The highest BCUT2D eigenvalue weighted by atomic mass is 19.4. The molecular formula is C19H21F3N2O3. The van der Waals surface area contributed by atoms with Crippen molar-refractivity contribution in [3.8, 4) is 11.5 Å². The van der Waals surface area contributed by atoms with Crippen molar-refractivity contribution in [2.45, 2.75) is 25.9 Å². The van der Waals surface area contributed by atoms with Gasteiger partial charge in [0.2, 0.25) is 5.91 Å². The lowest BCUT2D eigenvalue weighted by molar-refractivity contribution is -0.274. The minimum absolute atomic E-state index is 0.268. The van der Waals surface area contributed by atoms with Crippen LogP contribution in [0.3, 0.4) is 0 Å². The second-order valence-corrected chi connectivity index (χ2v) is 6.00. The minimum atomic E-state index is -4.75. The third kappa shape index (κ3) is 6.49. The number of carbonyl (C=O) groups excluding carboxylic acids is 1. The molecule has 0 spiro atoms. The van der Waals surface area contributed by atoms with Gasteiger partial charge in [-0.2, -0.15) is 0 Å². The molecule has 0 fully saturated rings. The second-order valence-electron chi connectivity index (χ2n) is 6.00. The van der Waals surface area contributed by atoms with Crippen LogP contribution in [0.25, 0.3) is 0 Å². The van der Waals surface area contributed by atoms with E-state index in [9.17, 15) is 18.0 Å². The van der Waals surface area contributed by atoms with Gasteiger partial charge in [-0.3, -0.25) is 9.69 Å². The van der Waals surface area contributed by atoms with Crippen LogP contribution in [-0.2, 0) is 11.3 Å². The van der Waals surface area contributed by atoms with Gasteiger partial charge < -0.3 is 14.8 Å². The summed E-state index contributed by atoms with van der Waals surface area (Å²) in [6, 6.07) is 12.1. The van der Waals surface area contributed by atoms with E-state index in [1.807, 2.05) is 36.2 Å². The smallest absolute Gasteiger partial charge is 0.497 e. The first-order valence-corrected chi connectivity index (χ1v) is 8.18. The van der Waals surface area contributed by atoms with Crippen LogP contribution in [0.1, 0.15) is 12.5 Å². The molecule has 0 radical (unpaired) electrons. The maximum atomic E-state index is 12.4. The number of amides is 1. The largest absolute Gasteiger partial charge is 0.573 e. The molecule has 0 saturated carbocycles. The molecule has 0 aliphatic rings. The lowest BCUT2D eigenvalue weighted by Crippen LogP contribution is -2.39. The molecule has 0 heterocycles. The fourth-order valence-electron chi connectivity index (χ4n) is 2.34. The lowest BCUT2D eigenvalue weighted by Gasteiger charge is -2.24. The average molecular weight is 382 g/mol. The van der Waals surface area contributed by atoms with Gasteiger partial charge in [-0.05, 0) is 55.9 Å². The van der Waals surface area contributed by atoms with E-state index in [1.165, 1.54) is 12.1 Å². The molecule has 0 saturated heterocycles. The maximum absolute atomic E-state index is 12.4. The number of likely N-dealkylation sites (N-methyl/N-ethyl adjacent to an activating group) is 1. The Morgan fingerprint density at radius 3 is 2.15 bits per heavy atom. The molecule has 5 nitrogen and oxygen atoms in total. The molecule has 8 heteroatoms. The third-order valence-corrected chi connectivity index (χ3v) is 3.99. The van der Waals surface area contributed by atoms with E-state index >= 15 is 0 Å². The normalized spacial score (nSPS) is 12.6. The summed E-state index contributed by atoms with van der Waals surface area (Å²) in [5.41, 5.74) is 1.41. The minimum Gasteiger partial charge on any atom is -0.497 e. The molecule has 0 aliphatic heterocycles. The fourth-order valence-corrected chi connectivity index (χ4v) is 2.34. The molecule has 0 aliphatic carbocycles. The van der Waals surface area contributed by atoms with Gasteiger partial charge in [0, 0.05) is 12.2 Å². The van der Waals surface area contributed by atoms with Crippen molar-refractivity contribution < 1.29 is 27.4 Å². The van der Waals surface area contributed by atoms with Gasteiger partial charge in [0.15, 0.2) is 0 Å². The van der Waals surface area contributed by atoms with E-state index in [1.54, 1.807) is 14.0 Å². The summed E-state index contributed by atoms with van der Waals surface area (Å²) in [6.07, 6.45) is -4.75. The summed E-state index contributed by atoms with van der Waals surface area (Å²) in [7, 11) is 3.41. The van der Waals surface area contributed by atoms with Crippen LogP contribution >= 0.6 is 0 Å². The lowest BCUT2D eigenvalue weighted by atomic mass is 10.1. The van der Waals surface area contributed by atoms with Gasteiger partial charge in [-0.15, -0.1) is 13.2 Å². The number of anilines is 1. The Bertz CT molecular complexity index is 746. The molecule has 27 heavy (non-hydrogen) atoms. The first kappa shape index (κ1) is 20.6. The highest BCUT2D eigenvalue weighted by Gasteiger charge is 2.31. The van der Waals surface area contributed by atoms with E-state index in [4.69, 9.17) is 4.74 Å². The standard InChI is InChI=1S/C19H21F3N2O3/c1-13(24(2)12-14-4-8-16(26-3)9-5-14)18(25)23-15-6-10-17(11-7-15)27-19(20,21)22/h4-11,13H,12H2,1-3H3,(H,23,25)/t13-/m0/s1. The van der Waals surface area contributed by atoms with Crippen molar-refractivity contribution in [3.63, 3.8) is 0 Å². The Labute approximate surface area is 155 Å². The van der Waals surface area contributed by atoms with E-state index < -0.39 is 12.4 Å². The van der Waals surface area contributed by atoms with Crippen molar-refractivity contribution in [2.75, 3.05) is 19.5 Å². The topological polar surface area (TPSA) is 50.8 Å². The molecule has 0 unspecified atom stereocenters. The number of ether oxygens (including phenoxy) is 2. The van der Waals surface area contributed by atoms with Crippen molar-refractivity contribution in [2.24, 2.45) is 0 Å². The van der Waals surface area contributed by atoms with Crippen LogP contribution in [0.5, 0.6) is 11.5 Å². The Morgan fingerprint density at radius 2 is 1.63 bits per heavy atom. The first-order valence-electron chi connectivity index (χ1n) is 8.18. The van der Waals surface area contributed by atoms with E-state index in [0.29, 0.717) is 12.2 Å². The van der Waals surface area contributed by atoms with Gasteiger partial charge in [0.05, 0.1) is 13.2 Å². The van der Waals surface area contributed by atoms with Crippen molar-refractivity contribution in [3.05, 3.63) is 54.1 Å². The Kier molecular flexibility index (Phi) is 6.68. The van der Waals surface area contributed by atoms with Crippen molar-refractivity contribution in [1.29, 1.82) is 0 Å². The molecule has 2 aromatic rings. The Hall–Kier alpha value is -2.74. The monoisotopic (exact) mass is 382 g/mol. The van der Waals surface area contributed by atoms with Gasteiger partial charge in [-0.25, -0.2) is 0 Å². The maximum Gasteiger partial charge on any atom is 0.573 e. The molecule has 1 N–H and O–H groups in total. The summed E-state index contributed by atoms with van der Waals surface area (Å²) in [4.78, 5) is 14.2. The number of halogens is 3. The number of benzene rings is 2. The molecule has 2 aromatic carbocycles. The summed E-state index contributed by atoms with van der Waals surface area (Å²) >= 11 is 0. The number of hydrogen-bond acceptors (Lipinski definition) is 4. The SMILES string of the molecule is COc1ccc(CN(C)[C@@H](C)C(=O)Nc2ccc(OC(F)(F)F)cc2)cc1.